The average Bonchev–Trinajstić information content (AvgIpc) is 3.48. The second kappa shape index (κ2) is 8.31. The van der Waals surface area contributed by atoms with Gasteiger partial charge in [-0.25, -0.2) is 0 Å². The molecule has 0 aromatic heterocycles. The molecule has 4 rings (SSSR count). The summed E-state index contributed by atoms with van der Waals surface area (Å²) in [5.41, 5.74) is 0. The first-order valence-electron chi connectivity index (χ1n) is 9.26. The molecule has 8 heteroatoms. The van der Waals surface area contributed by atoms with Crippen LogP contribution >= 0.6 is 0 Å². The number of fused-ring (bicyclic) bond motifs is 1. The highest BCUT2D eigenvalue weighted by atomic mass is 28.4. The smallest absolute Gasteiger partial charge is 0.373 e. The molecule has 7 nitrogen and oxygen atoms in total. The fraction of sp³-hybridized carbons (Fsp3) is 1.00. The highest BCUT2D eigenvalue weighted by Gasteiger charge is 2.72. The lowest BCUT2D eigenvalue weighted by molar-refractivity contribution is -0.0207. The lowest BCUT2D eigenvalue weighted by Crippen LogP contribution is -2.68. The van der Waals surface area contributed by atoms with Crippen molar-refractivity contribution in [2.75, 3.05) is 47.8 Å². The third-order valence-electron chi connectivity index (χ3n) is 5.50. The molecule has 5 unspecified atom stereocenters. The number of epoxide rings is 3. The van der Waals surface area contributed by atoms with Gasteiger partial charge in [0.1, 0.15) is 23.5 Å². The summed E-state index contributed by atoms with van der Waals surface area (Å²) in [4.78, 5) is 0. The van der Waals surface area contributed by atoms with Crippen LogP contribution in [0.3, 0.4) is 0 Å². The van der Waals surface area contributed by atoms with E-state index >= 15 is 0 Å². The Balaban J connectivity index is 0.000000170. The molecule has 0 spiro atoms. The fourth-order valence-electron chi connectivity index (χ4n) is 3.90. The van der Waals surface area contributed by atoms with Crippen LogP contribution in [0.25, 0.3) is 0 Å². The van der Waals surface area contributed by atoms with Gasteiger partial charge in [0.15, 0.2) is 0 Å². The van der Waals surface area contributed by atoms with Gasteiger partial charge in [0.05, 0.1) is 32.5 Å². The summed E-state index contributed by atoms with van der Waals surface area (Å²) in [6.07, 6.45) is 4.41. The molecule has 0 amide bonds. The fourth-order valence-corrected chi connectivity index (χ4v) is 7.89. The van der Waals surface area contributed by atoms with Gasteiger partial charge in [-0.2, -0.15) is 0 Å². The standard InChI is InChI=1S/C11H22O4Si.C6H10O3/c1-5-7-11(12-2)10-9(15-10)6-8-16(11,13-3)14-4;1(5-3-8-5)7-2-6-4-9-6/h9-10H,5-8H2,1-4H3;5-6H,1-4H2. The first-order chi connectivity index (χ1) is 12.1. The van der Waals surface area contributed by atoms with Crippen LogP contribution in [0, 0.1) is 0 Å². The Labute approximate surface area is 151 Å². The van der Waals surface area contributed by atoms with E-state index in [1.165, 1.54) is 0 Å². The van der Waals surface area contributed by atoms with Crippen LogP contribution in [0.5, 0.6) is 0 Å². The summed E-state index contributed by atoms with van der Waals surface area (Å²) in [5, 5.41) is -0.311. The summed E-state index contributed by atoms with van der Waals surface area (Å²) in [6.45, 7) is 5.42. The Hall–Kier alpha value is -0.0631. The second-order valence-corrected chi connectivity index (χ2v) is 10.8. The van der Waals surface area contributed by atoms with Crippen molar-refractivity contribution in [1.82, 2.24) is 0 Å². The van der Waals surface area contributed by atoms with Gasteiger partial charge >= 0.3 is 8.56 Å². The summed E-state index contributed by atoms with van der Waals surface area (Å²) < 4.78 is 38.3. The molecule has 4 fully saturated rings. The number of methoxy groups -OCH3 is 1. The van der Waals surface area contributed by atoms with Crippen LogP contribution in [0.15, 0.2) is 0 Å². The molecule has 25 heavy (non-hydrogen) atoms. The largest absolute Gasteiger partial charge is 0.396 e. The van der Waals surface area contributed by atoms with Gasteiger partial charge in [-0.15, -0.1) is 0 Å². The minimum Gasteiger partial charge on any atom is -0.396 e. The first kappa shape index (κ1) is 19.7. The molecule has 0 saturated carbocycles. The Morgan fingerprint density at radius 3 is 2.08 bits per heavy atom. The zero-order chi connectivity index (χ0) is 17.9. The van der Waals surface area contributed by atoms with Crippen molar-refractivity contribution in [1.29, 1.82) is 0 Å². The van der Waals surface area contributed by atoms with E-state index in [4.69, 9.17) is 32.5 Å². The molecular weight excluding hydrogens is 344 g/mol. The quantitative estimate of drug-likeness (QED) is 0.445. The zero-order valence-corrected chi connectivity index (χ0v) is 16.8. The molecule has 146 valence electrons. The molecule has 0 radical (unpaired) electrons. The molecule has 5 atom stereocenters. The van der Waals surface area contributed by atoms with Gasteiger partial charge in [-0.05, 0) is 18.9 Å². The van der Waals surface area contributed by atoms with Crippen LogP contribution < -0.4 is 0 Å². The van der Waals surface area contributed by atoms with E-state index in [-0.39, 0.29) is 11.3 Å². The highest BCUT2D eigenvalue weighted by Crippen LogP contribution is 2.52. The molecule has 0 N–H and O–H groups in total. The van der Waals surface area contributed by atoms with Crippen molar-refractivity contribution in [2.24, 2.45) is 0 Å². The van der Waals surface area contributed by atoms with Crippen LogP contribution in [0.4, 0.5) is 0 Å². The Bertz CT molecular complexity index is 413. The number of hydrogen-bond acceptors (Lipinski definition) is 7. The lowest BCUT2D eigenvalue weighted by atomic mass is 10.1. The lowest BCUT2D eigenvalue weighted by Gasteiger charge is -2.46. The monoisotopic (exact) mass is 376 g/mol. The van der Waals surface area contributed by atoms with Crippen LogP contribution in [-0.4, -0.2) is 86.0 Å². The molecule has 4 saturated heterocycles. The van der Waals surface area contributed by atoms with E-state index in [1.54, 1.807) is 21.3 Å². The highest BCUT2D eigenvalue weighted by molar-refractivity contribution is 6.71. The van der Waals surface area contributed by atoms with Gasteiger partial charge in [0, 0.05) is 21.3 Å². The van der Waals surface area contributed by atoms with Crippen molar-refractivity contribution in [3.63, 3.8) is 0 Å². The third kappa shape index (κ3) is 4.27. The van der Waals surface area contributed by atoms with Crippen LogP contribution in [0.2, 0.25) is 6.04 Å². The maximum atomic E-state index is 5.86. The van der Waals surface area contributed by atoms with Gasteiger partial charge < -0.3 is 32.5 Å². The predicted octanol–water partition coefficient (Wildman–Crippen LogP) is 1.42. The molecule has 0 bridgehead atoms. The van der Waals surface area contributed by atoms with Crippen molar-refractivity contribution in [3.05, 3.63) is 0 Å². The van der Waals surface area contributed by atoms with Gasteiger partial charge in [-0.1, -0.05) is 13.3 Å². The van der Waals surface area contributed by atoms with E-state index in [9.17, 15) is 0 Å². The third-order valence-corrected chi connectivity index (χ3v) is 9.80. The molecule has 0 aliphatic carbocycles. The second-order valence-electron chi connectivity index (χ2n) is 7.09. The normalized spacial score (nSPS) is 39.8. The van der Waals surface area contributed by atoms with Crippen molar-refractivity contribution in [3.8, 4) is 0 Å². The van der Waals surface area contributed by atoms with E-state index in [0.717, 1.165) is 51.7 Å². The van der Waals surface area contributed by atoms with Gasteiger partial charge in [0.25, 0.3) is 0 Å². The van der Waals surface area contributed by atoms with Gasteiger partial charge in [-0.3, -0.25) is 0 Å². The van der Waals surface area contributed by atoms with E-state index < -0.39 is 8.56 Å². The maximum absolute atomic E-state index is 5.86. The first-order valence-corrected chi connectivity index (χ1v) is 11.3. The van der Waals surface area contributed by atoms with Crippen molar-refractivity contribution >= 4 is 8.56 Å². The number of ether oxygens (including phenoxy) is 5. The molecule has 4 aliphatic heterocycles. The van der Waals surface area contributed by atoms with Gasteiger partial charge in [0.2, 0.25) is 0 Å². The summed E-state index contributed by atoms with van der Waals surface area (Å²) in [6, 6.07) is 0.967. The molecule has 4 heterocycles. The molecular formula is C17H32O7Si. The molecule has 0 aromatic carbocycles. The zero-order valence-electron chi connectivity index (χ0n) is 15.8. The maximum Gasteiger partial charge on any atom is 0.373 e. The summed E-state index contributed by atoms with van der Waals surface area (Å²) >= 11 is 0. The summed E-state index contributed by atoms with van der Waals surface area (Å²) in [7, 11) is 2.97. The minimum absolute atomic E-state index is 0.192. The average molecular weight is 377 g/mol. The van der Waals surface area contributed by atoms with E-state index in [2.05, 4.69) is 6.92 Å². The van der Waals surface area contributed by atoms with Crippen LogP contribution in [-0.2, 0) is 32.5 Å². The number of rotatable bonds is 9. The number of hydrogen-bond donors (Lipinski definition) is 0. The minimum atomic E-state index is -2.30. The van der Waals surface area contributed by atoms with E-state index in [0.29, 0.717) is 18.3 Å². The Kier molecular flexibility index (Phi) is 6.54. The van der Waals surface area contributed by atoms with Crippen molar-refractivity contribution < 1.29 is 32.5 Å². The Morgan fingerprint density at radius 1 is 1.04 bits per heavy atom. The topological polar surface area (TPSA) is 74.5 Å². The van der Waals surface area contributed by atoms with Crippen LogP contribution in [0.1, 0.15) is 26.2 Å². The predicted molar refractivity (Wildman–Crippen MR) is 92.8 cm³/mol. The molecule has 0 aromatic rings. The SMILES string of the molecule is C(OCC1CO1)C1CO1.CCCC1(OC)C2OC2CC[Si]1(OC)OC. The van der Waals surface area contributed by atoms with E-state index in [1.807, 2.05) is 0 Å². The Morgan fingerprint density at radius 2 is 1.64 bits per heavy atom. The van der Waals surface area contributed by atoms with Crippen molar-refractivity contribution in [2.45, 2.75) is 61.9 Å². The molecule has 4 aliphatic rings. The summed E-state index contributed by atoms with van der Waals surface area (Å²) in [5.74, 6) is 0.